The zero-order valence-corrected chi connectivity index (χ0v) is 11.2. The van der Waals surface area contributed by atoms with Gasteiger partial charge < -0.3 is 14.6 Å². The van der Waals surface area contributed by atoms with Crippen LogP contribution in [0.4, 0.5) is 0 Å². The van der Waals surface area contributed by atoms with Crippen LogP contribution in [0.15, 0.2) is 5.51 Å². The third-order valence-electron chi connectivity index (χ3n) is 2.34. The molecular formula is C10H6ClNO4S2. The first kappa shape index (κ1) is 11.8. The van der Waals surface area contributed by atoms with Crippen molar-refractivity contribution in [3.63, 3.8) is 0 Å². The van der Waals surface area contributed by atoms with Crippen molar-refractivity contribution >= 4 is 40.2 Å². The average Bonchev–Trinajstić information content (AvgIpc) is 2.95. The summed E-state index contributed by atoms with van der Waals surface area (Å²) in [6.45, 7) is 0.853. The Balaban J connectivity index is 2.17. The minimum absolute atomic E-state index is 0.171. The number of fused-ring (bicyclic) bond motifs is 1. The number of rotatable bonds is 2. The summed E-state index contributed by atoms with van der Waals surface area (Å²) in [5, 5.41) is 9.10. The van der Waals surface area contributed by atoms with Crippen LogP contribution >= 0.6 is 34.3 Å². The second-order valence-corrected chi connectivity index (χ2v) is 5.87. The highest BCUT2D eigenvalue weighted by Crippen LogP contribution is 2.52. The van der Waals surface area contributed by atoms with E-state index in [1.54, 1.807) is 0 Å². The average molecular weight is 304 g/mol. The van der Waals surface area contributed by atoms with E-state index in [4.69, 9.17) is 26.2 Å². The number of aromatic carboxylic acids is 1. The topological polar surface area (TPSA) is 68.7 Å². The molecule has 0 radical (unpaired) electrons. The molecule has 1 aliphatic rings. The lowest BCUT2D eigenvalue weighted by Gasteiger charge is -2.15. The Morgan fingerprint density at radius 3 is 2.83 bits per heavy atom. The third kappa shape index (κ3) is 1.75. The van der Waals surface area contributed by atoms with E-state index in [1.807, 2.05) is 0 Å². The van der Waals surface area contributed by atoms with E-state index in [2.05, 4.69) is 4.98 Å². The standard InChI is InChI=1S/C10H6ClNO4S2/c11-9-6-5(15-1-2-16-6)7(18-9)4-8(10(13)14)17-3-12-4/h3H,1-2H2,(H,13,14). The molecule has 0 aromatic carbocycles. The van der Waals surface area contributed by atoms with Crippen molar-refractivity contribution in [2.24, 2.45) is 0 Å². The molecule has 5 nitrogen and oxygen atoms in total. The number of carbonyl (C=O) groups is 1. The van der Waals surface area contributed by atoms with Crippen LogP contribution in [0.25, 0.3) is 10.6 Å². The van der Waals surface area contributed by atoms with Crippen molar-refractivity contribution in [3.05, 3.63) is 14.7 Å². The maximum Gasteiger partial charge on any atom is 0.348 e. The fourth-order valence-corrected chi connectivity index (χ4v) is 3.62. The van der Waals surface area contributed by atoms with Crippen molar-refractivity contribution in [2.75, 3.05) is 13.2 Å². The van der Waals surface area contributed by atoms with Crippen molar-refractivity contribution in [1.82, 2.24) is 4.98 Å². The molecule has 0 saturated carbocycles. The summed E-state index contributed by atoms with van der Waals surface area (Å²) < 4.78 is 11.4. The monoisotopic (exact) mass is 303 g/mol. The Morgan fingerprint density at radius 2 is 2.11 bits per heavy atom. The van der Waals surface area contributed by atoms with E-state index in [0.717, 1.165) is 11.3 Å². The smallest absolute Gasteiger partial charge is 0.348 e. The Labute approximate surface area is 115 Å². The van der Waals surface area contributed by atoms with E-state index >= 15 is 0 Å². The quantitative estimate of drug-likeness (QED) is 0.923. The van der Waals surface area contributed by atoms with Crippen molar-refractivity contribution in [3.8, 4) is 22.1 Å². The second-order valence-electron chi connectivity index (χ2n) is 3.40. The molecule has 0 amide bonds. The lowest BCUT2D eigenvalue weighted by molar-refractivity contribution is 0.0702. The van der Waals surface area contributed by atoms with Gasteiger partial charge >= 0.3 is 5.97 Å². The first-order chi connectivity index (χ1) is 8.68. The molecule has 0 fully saturated rings. The number of nitrogens with zero attached hydrogens (tertiary/aromatic N) is 1. The molecule has 2 aromatic heterocycles. The van der Waals surface area contributed by atoms with Crippen molar-refractivity contribution in [1.29, 1.82) is 0 Å². The predicted molar refractivity (Wildman–Crippen MR) is 68.4 cm³/mol. The SMILES string of the molecule is O=C(O)c1scnc1-c1sc(Cl)c2c1OCCO2. The lowest BCUT2D eigenvalue weighted by Crippen LogP contribution is -2.14. The number of aromatic nitrogens is 1. The van der Waals surface area contributed by atoms with Gasteiger partial charge in [0, 0.05) is 0 Å². The van der Waals surface area contributed by atoms with E-state index < -0.39 is 5.97 Å². The third-order valence-corrected chi connectivity index (χ3v) is 4.50. The normalized spacial score (nSPS) is 13.6. The first-order valence-corrected chi connectivity index (χ1v) is 7.01. The summed E-state index contributed by atoms with van der Waals surface area (Å²) in [7, 11) is 0. The molecule has 0 spiro atoms. The summed E-state index contributed by atoms with van der Waals surface area (Å²) >= 11 is 8.34. The molecule has 0 unspecified atom stereocenters. The summed E-state index contributed by atoms with van der Waals surface area (Å²) in [5.41, 5.74) is 1.87. The van der Waals surface area contributed by atoms with Crippen LogP contribution in [0.1, 0.15) is 9.67 Å². The maximum atomic E-state index is 11.1. The molecule has 94 valence electrons. The number of carboxylic acid groups (broad SMARTS) is 1. The van der Waals surface area contributed by atoms with Crippen molar-refractivity contribution in [2.45, 2.75) is 0 Å². The lowest BCUT2D eigenvalue weighted by atomic mass is 10.2. The van der Waals surface area contributed by atoms with Gasteiger partial charge in [0.1, 0.15) is 33.0 Å². The van der Waals surface area contributed by atoms with Crippen LogP contribution in [0.3, 0.4) is 0 Å². The van der Waals surface area contributed by atoms with E-state index in [-0.39, 0.29) is 4.88 Å². The Bertz CT molecular complexity index is 621. The maximum absolute atomic E-state index is 11.1. The zero-order valence-electron chi connectivity index (χ0n) is 8.81. The van der Waals surface area contributed by atoms with Gasteiger partial charge in [0.15, 0.2) is 11.5 Å². The molecule has 8 heteroatoms. The molecule has 0 atom stereocenters. The van der Waals surface area contributed by atoms with Gasteiger partial charge in [-0.05, 0) is 0 Å². The first-order valence-electron chi connectivity index (χ1n) is 4.93. The number of ether oxygens (including phenoxy) is 2. The van der Waals surface area contributed by atoms with Crippen LogP contribution in [0.5, 0.6) is 11.5 Å². The minimum Gasteiger partial charge on any atom is -0.484 e. The fourth-order valence-electron chi connectivity index (χ4n) is 1.63. The Kier molecular flexibility index (Phi) is 2.89. The van der Waals surface area contributed by atoms with Gasteiger partial charge in [-0.25, -0.2) is 9.78 Å². The van der Waals surface area contributed by atoms with Gasteiger partial charge in [-0.1, -0.05) is 11.6 Å². The Morgan fingerprint density at radius 1 is 1.39 bits per heavy atom. The van der Waals surface area contributed by atoms with Gasteiger partial charge in [-0.2, -0.15) is 0 Å². The van der Waals surface area contributed by atoms with Crippen LogP contribution in [0, 0.1) is 0 Å². The van der Waals surface area contributed by atoms with Gasteiger partial charge in [0.2, 0.25) is 0 Å². The summed E-state index contributed by atoms with van der Waals surface area (Å²) in [4.78, 5) is 16.0. The number of hydrogen-bond donors (Lipinski definition) is 1. The molecule has 0 bridgehead atoms. The zero-order chi connectivity index (χ0) is 12.7. The van der Waals surface area contributed by atoms with Gasteiger partial charge in [-0.15, -0.1) is 22.7 Å². The van der Waals surface area contributed by atoms with E-state index in [9.17, 15) is 4.79 Å². The molecule has 0 saturated heterocycles. The van der Waals surface area contributed by atoms with Gasteiger partial charge in [0.05, 0.1) is 5.51 Å². The van der Waals surface area contributed by atoms with Crippen molar-refractivity contribution < 1.29 is 19.4 Å². The van der Waals surface area contributed by atoms with Gasteiger partial charge in [0.25, 0.3) is 0 Å². The molecule has 2 aromatic rings. The largest absolute Gasteiger partial charge is 0.484 e. The Hall–Kier alpha value is -1.31. The summed E-state index contributed by atoms with van der Waals surface area (Å²) in [6, 6.07) is 0. The molecule has 0 aliphatic carbocycles. The number of thiophene rings is 1. The molecule has 18 heavy (non-hydrogen) atoms. The number of hydrogen-bond acceptors (Lipinski definition) is 6. The molecule has 3 heterocycles. The van der Waals surface area contributed by atoms with Crippen LogP contribution < -0.4 is 9.47 Å². The highest BCUT2D eigenvalue weighted by atomic mass is 35.5. The number of thiazole rings is 1. The van der Waals surface area contributed by atoms with Crippen LogP contribution in [-0.2, 0) is 0 Å². The molecule has 1 N–H and O–H groups in total. The van der Waals surface area contributed by atoms with Crippen LogP contribution in [-0.4, -0.2) is 29.3 Å². The second kappa shape index (κ2) is 4.42. The molecule has 3 rings (SSSR count). The number of halogens is 1. The fraction of sp³-hybridized carbons (Fsp3) is 0.200. The van der Waals surface area contributed by atoms with Gasteiger partial charge in [-0.3, -0.25) is 0 Å². The summed E-state index contributed by atoms with van der Waals surface area (Å²) in [6.07, 6.45) is 0. The predicted octanol–water partition coefficient (Wildman–Crippen LogP) is 2.99. The van der Waals surface area contributed by atoms with E-state index in [0.29, 0.717) is 39.6 Å². The minimum atomic E-state index is -1.01. The molecule has 1 aliphatic heterocycles. The number of carboxylic acids is 1. The highest BCUT2D eigenvalue weighted by Gasteiger charge is 2.28. The van der Waals surface area contributed by atoms with Crippen LogP contribution in [0.2, 0.25) is 4.34 Å². The molecular weight excluding hydrogens is 298 g/mol. The summed E-state index contributed by atoms with van der Waals surface area (Å²) in [5.74, 6) is -0.0422. The highest BCUT2D eigenvalue weighted by molar-refractivity contribution is 7.20. The van der Waals surface area contributed by atoms with E-state index in [1.165, 1.54) is 16.8 Å².